The summed E-state index contributed by atoms with van der Waals surface area (Å²) in [7, 11) is 0. The van der Waals surface area contributed by atoms with Gasteiger partial charge in [-0.15, -0.1) is 0 Å². The SMILES string of the molecule is Cc1ccnn1CCC(=O)N1CCC[C@@H](c2ncccc2C(=O)NCc2ccccc2)C1. The van der Waals surface area contributed by atoms with Gasteiger partial charge in [0.15, 0.2) is 0 Å². The van der Waals surface area contributed by atoms with E-state index in [1.54, 1.807) is 18.5 Å². The van der Waals surface area contributed by atoms with Crippen LogP contribution in [-0.4, -0.2) is 44.6 Å². The third-order valence-electron chi connectivity index (χ3n) is 6.01. The van der Waals surface area contributed by atoms with Crippen LogP contribution in [0.3, 0.4) is 0 Å². The molecule has 1 fully saturated rings. The van der Waals surface area contributed by atoms with Crippen LogP contribution in [0.5, 0.6) is 0 Å². The van der Waals surface area contributed by atoms with Crippen LogP contribution in [-0.2, 0) is 17.9 Å². The maximum atomic E-state index is 12.9. The van der Waals surface area contributed by atoms with Crippen molar-refractivity contribution in [3.05, 3.63) is 83.4 Å². The smallest absolute Gasteiger partial charge is 0.253 e. The maximum Gasteiger partial charge on any atom is 0.253 e. The van der Waals surface area contributed by atoms with Gasteiger partial charge in [0, 0.05) is 56.6 Å². The molecule has 0 saturated carbocycles. The second-order valence-electron chi connectivity index (χ2n) is 8.23. The molecule has 2 amide bonds. The standard InChI is InChI=1S/C25H29N5O2/c1-19-11-14-28-30(19)16-12-23(31)29-15-6-9-21(18-29)24-22(10-5-13-26-24)25(32)27-17-20-7-3-2-4-8-20/h2-5,7-8,10-11,13-14,21H,6,9,12,15-18H2,1H3,(H,27,32)/t21-/m1/s1. The van der Waals surface area contributed by atoms with Crippen molar-refractivity contribution in [2.75, 3.05) is 13.1 Å². The molecule has 0 unspecified atom stereocenters. The van der Waals surface area contributed by atoms with Crippen LogP contribution >= 0.6 is 0 Å². The molecule has 1 saturated heterocycles. The van der Waals surface area contributed by atoms with Crippen molar-refractivity contribution in [1.82, 2.24) is 25.0 Å². The number of hydrogen-bond donors (Lipinski definition) is 1. The number of nitrogens with zero attached hydrogens (tertiary/aromatic N) is 4. The van der Waals surface area contributed by atoms with Crippen LogP contribution < -0.4 is 5.32 Å². The molecule has 0 bridgehead atoms. The number of likely N-dealkylation sites (tertiary alicyclic amines) is 1. The Morgan fingerprint density at radius 1 is 1.09 bits per heavy atom. The predicted octanol–water partition coefficient (Wildman–Crippen LogP) is 3.31. The monoisotopic (exact) mass is 431 g/mol. The Morgan fingerprint density at radius 3 is 2.72 bits per heavy atom. The van der Waals surface area contributed by atoms with E-state index in [0.717, 1.165) is 36.3 Å². The van der Waals surface area contributed by atoms with Crippen molar-refractivity contribution < 1.29 is 9.59 Å². The van der Waals surface area contributed by atoms with Gasteiger partial charge >= 0.3 is 0 Å². The van der Waals surface area contributed by atoms with Gasteiger partial charge in [-0.1, -0.05) is 30.3 Å². The molecule has 2 aromatic heterocycles. The zero-order valence-electron chi connectivity index (χ0n) is 18.4. The highest BCUT2D eigenvalue weighted by Gasteiger charge is 2.28. The second-order valence-corrected chi connectivity index (χ2v) is 8.23. The predicted molar refractivity (Wildman–Crippen MR) is 122 cm³/mol. The van der Waals surface area contributed by atoms with Gasteiger partial charge in [0.05, 0.1) is 11.3 Å². The van der Waals surface area contributed by atoms with Gasteiger partial charge < -0.3 is 10.2 Å². The highest BCUT2D eigenvalue weighted by atomic mass is 16.2. The number of carbonyl (C=O) groups excluding carboxylic acids is 2. The van der Waals surface area contributed by atoms with Crippen LogP contribution in [0.1, 0.15) is 52.5 Å². The van der Waals surface area contributed by atoms with Crippen LogP contribution in [0.2, 0.25) is 0 Å². The molecule has 0 aliphatic carbocycles. The molecule has 0 spiro atoms. The number of aromatic nitrogens is 3. The summed E-state index contributed by atoms with van der Waals surface area (Å²) in [6.07, 6.45) is 5.71. The molecule has 1 atom stereocenters. The first kappa shape index (κ1) is 21.7. The number of rotatable bonds is 7. The van der Waals surface area contributed by atoms with Crippen LogP contribution in [0, 0.1) is 6.92 Å². The van der Waals surface area contributed by atoms with Crippen LogP contribution in [0.15, 0.2) is 60.9 Å². The normalized spacial score (nSPS) is 16.0. The van der Waals surface area contributed by atoms with Gasteiger partial charge in [0.1, 0.15) is 0 Å². The number of piperidine rings is 1. The van der Waals surface area contributed by atoms with Gasteiger partial charge in [-0.25, -0.2) is 0 Å². The lowest BCUT2D eigenvalue weighted by Crippen LogP contribution is -2.40. The number of pyridine rings is 1. The quantitative estimate of drug-likeness (QED) is 0.622. The number of amides is 2. The van der Waals surface area contributed by atoms with Gasteiger partial charge in [-0.05, 0) is 43.5 Å². The number of nitrogens with one attached hydrogen (secondary N) is 1. The molecule has 3 heterocycles. The average molecular weight is 432 g/mol. The Labute approximate surface area is 188 Å². The number of carbonyl (C=O) groups is 2. The molecule has 1 aromatic carbocycles. The number of benzene rings is 1. The molecule has 7 heteroatoms. The van der Waals surface area contributed by atoms with Crippen LogP contribution in [0.4, 0.5) is 0 Å². The Kier molecular flexibility index (Phi) is 6.94. The molecule has 1 N–H and O–H groups in total. The minimum atomic E-state index is -0.130. The van der Waals surface area contributed by atoms with Crippen molar-refractivity contribution in [1.29, 1.82) is 0 Å². The van der Waals surface area contributed by atoms with Gasteiger partial charge in [0.25, 0.3) is 5.91 Å². The zero-order chi connectivity index (χ0) is 22.3. The molecule has 166 valence electrons. The summed E-state index contributed by atoms with van der Waals surface area (Å²) in [5, 5.41) is 7.26. The lowest BCUT2D eigenvalue weighted by atomic mass is 9.91. The second kappa shape index (κ2) is 10.2. The van der Waals surface area contributed by atoms with Crippen molar-refractivity contribution >= 4 is 11.8 Å². The van der Waals surface area contributed by atoms with Gasteiger partial charge in [0.2, 0.25) is 5.91 Å². The minimum absolute atomic E-state index is 0.0535. The molecular formula is C25H29N5O2. The summed E-state index contributed by atoms with van der Waals surface area (Å²) in [5.74, 6) is 0.0444. The lowest BCUT2D eigenvalue weighted by molar-refractivity contribution is -0.132. The van der Waals surface area contributed by atoms with E-state index in [2.05, 4.69) is 15.4 Å². The first-order valence-corrected chi connectivity index (χ1v) is 11.1. The number of aryl methyl sites for hydroxylation is 2. The topological polar surface area (TPSA) is 80.1 Å². The Balaban J connectivity index is 1.40. The van der Waals surface area contributed by atoms with Crippen LogP contribution in [0.25, 0.3) is 0 Å². The Morgan fingerprint density at radius 2 is 1.94 bits per heavy atom. The van der Waals surface area contributed by atoms with E-state index in [1.807, 2.05) is 59.0 Å². The summed E-state index contributed by atoms with van der Waals surface area (Å²) in [6.45, 7) is 4.37. The van der Waals surface area contributed by atoms with E-state index in [9.17, 15) is 9.59 Å². The Hall–Kier alpha value is -3.48. The molecular weight excluding hydrogens is 402 g/mol. The van der Waals surface area contributed by atoms with E-state index in [4.69, 9.17) is 0 Å². The average Bonchev–Trinajstić information content (AvgIpc) is 3.26. The molecule has 4 rings (SSSR count). The Bertz CT molecular complexity index is 1060. The summed E-state index contributed by atoms with van der Waals surface area (Å²) < 4.78 is 1.85. The van der Waals surface area contributed by atoms with E-state index < -0.39 is 0 Å². The third kappa shape index (κ3) is 5.22. The fraction of sp³-hybridized carbons (Fsp3) is 0.360. The lowest BCUT2D eigenvalue weighted by Gasteiger charge is -2.33. The minimum Gasteiger partial charge on any atom is -0.348 e. The summed E-state index contributed by atoms with van der Waals surface area (Å²) >= 11 is 0. The highest BCUT2D eigenvalue weighted by Crippen LogP contribution is 2.28. The van der Waals surface area contributed by atoms with Crippen molar-refractivity contribution in [2.24, 2.45) is 0 Å². The molecule has 3 aromatic rings. The molecule has 7 nitrogen and oxygen atoms in total. The van der Waals surface area contributed by atoms with E-state index in [1.165, 1.54) is 0 Å². The summed E-state index contributed by atoms with van der Waals surface area (Å²) in [6, 6.07) is 15.4. The van der Waals surface area contributed by atoms with Crippen molar-refractivity contribution in [3.8, 4) is 0 Å². The highest BCUT2D eigenvalue weighted by molar-refractivity contribution is 5.95. The largest absolute Gasteiger partial charge is 0.348 e. The summed E-state index contributed by atoms with van der Waals surface area (Å²) in [5.41, 5.74) is 3.47. The number of hydrogen-bond acceptors (Lipinski definition) is 4. The third-order valence-corrected chi connectivity index (χ3v) is 6.01. The fourth-order valence-electron chi connectivity index (χ4n) is 4.23. The van der Waals surface area contributed by atoms with Crippen molar-refractivity contribution in [3.63, 3.8) is 0 Å². The van der Waals surface area contributed by atoms with E-state index in [-0.39, 0.29) is 17.7 Å². The molecule has 1 aliphatic rings. The van der Waals surface area contributed by atoms with E-state index >= 15 is 0 Å². The van der Waals surface area contributed by atoms with Gasteiger partial charge in [-0.2, -0.15) is 5.10 Å². The van der Waals surface area contributed by atoms with E-state index in [0.29, 0.717) is 31.6 Å². The fourth-order valence-corrected chi connectivity index (χ4v) is 4.23. The molecule has 1 aliphatic heterocycles. The van der Waals surface area contributed by atoms with Gasteiger partial charge in [-0.3, -0.25) is 19.3 Å². The molecule has 32 heavy (non-hydrogen) atoms. The first-order valence-electron chi connectivity index (χ1n) is 11.1. The maximum absolute atomic E-state index is 12.9. The zero-order valence-corrected chi connectivity index (χ0v) is 18.4. The first-order chi connectivity index (χ1) is 15.6. The van der Waals surface area contributed by atoms with Crippen molar-refractivity contribution in [2.45, 2.75) is 45.2 Å². The summed E-state index contributed by atoms with van der Waals surface area (Å²) in [4.78, 5) is 32.2. The molecule has 0 radical (unpaired) electrons.